The van der Waals surface area contributed by atoms with Gasteiger partial charge in [-0.25, -0.2) is 0 Å². The van der Waals surface area contributed by atoms with Gasteiger partial charge in [0.05, 0.1) is 0 Å². The maximum Gasteiger partial charge on any atom is 0.306 e. The molecule has 0 aliphatic heterocycles. The van der Waals surface area contributed by atoms with Crippen LogP contribution in [0.2, 0.25) is 0 Å². The standard InChI is InChI=1S/C60H96O6/c1-4-7-10-13-16-19-22-24-26-28-30-32-33-35-38-41-44-47-50-53-59(62)65-56-57(55-64-58(61)52-49-46-43-40-37-21-18-15-12-9-6-3)66-60(63)54-51-48-45-42-39-36-34-31-29-27-25-23-20-17-14-11-8-5-2/h7,10,15-20,23-27,29-32,34-35,38,57H,4-6,8-9,11-14,21-22,28,33,36-37,39-56H2,1-3H3/b10-7-,18-15-,19-16-,20-17-,25-23-,26-24-,29-27-,32-30-,34-31-,38-35-. The van der Waals surface area contributed by atoms with Gasteiger partial charge >= 0.3 is 17.9 Å². The SMILES string of the molecule is CC/C=C\C/C=C\C/C=C\C/C=C\C/C=C\CCCCCC(=O)OCC(COC(=O)CCCCCCC/C=C\CCCC)OC(=O)CCCCCCC\C=C/C=C\C=C/C=C\CCCCC. The molecule has 0 heterocycles. The van der Waals surface area contributed by atoms with E-state index < -0.39 is 6.10 Å². The highest BCUT2D eigenvalue weighted by Gasteiger charge is 2.19. The first kappa shape index (κ1) is 61.8. The van der Waals surface area contributed by atoms with Crippen molar-refractivity contribution < 1.29 is 28.6 Å². The number of ether oxygens (including phenoxy) is 3. The summed E-state index contributed by atoms with van der Waals surface area (Å²) in [5, 5.41) is 0. The van der Waals surface area contributed by atoms with E-state index in [9.17, 15) is 14.4 Å². The summed E-state index contributed by atoms with van der Waals surface area (Å²) in [4.78, 5) is 38.0. The molecule has 1 atom stereocenters. The van der Waals surface area contributed by atoms with E-state index in [1.807, 2.05) is 0 Å². The maximum atomic E-state index is 12.8. The molecule has 0 radical (unpaired) electrons. The minimum atomic E-state index is -0.811. The van der Waals surface area contributed by atoms with Crippen LogP contribution in [0, 0.1) is 0 Å². The van der Waals surface area contributed by atoms with Crippen molar-refractivity contribution in [3.05, 3.63) is 122 Å². The highest BCUT2D eigenvalue weighted by Crippen LogP contribution is 2.13. The smallest absolute Gasteiger partial charge is 0.306 e. The maximum absolute atomic E-state index is 12.8. The van der Waals surface area contributed by atoms with Crippen molar-refractivity contribution in [2.24, 2.45) is 0 Å². The average Bonchev–Trinajstić information content (AvgIpc) is 3.31. The molecule has 0 amide bonds. The van der Waals surface area contributed by atoms with Crippen molar-refractivity contribution in [2.45, 2.75) is 226 Å². The lowest BCUT2D eigenvalue weighted by atomic mass is 10.1. The highest BCUT2D eigenvalue weighted by atomic mass is 16.6. The van der Waals surface area contributed by atoms with Crippen molar-refractivity contribution in [2.75, 3.05) is 13.2 Å². The van der Waals surface area contributed by atoms with E-state index in [1.165, 1.54) is 44.9 Å². The molecule has 0 N–H and O–H groups in total. The molecule has 0 aliphatic rings. The molecule has 0 aromatic rings. The van der Waals surface area contributed by atoms with Crippen LogP contribution >= 0.6 is 0 Å². The normalized spacial score (nSPS) is 13.1. The third kappa shape index (κ3) is 50.8. The van der Waals surface area contributed by atoms with Gasteiger partial charge in [-0.1, -0.05) is 213 Å². The molecular formula is C60H96O6. The Bertz CT molecular complexity index is 1420. The lowest BCUT2D eigenvalue weighted by Gasteiger charge is -2.18. The number of hydrogen-bond acceptors (Lipinski definition) is 6. The number of hydrogen-bond donors (Lipinski definition) is 0. The third-order valence-electron chi connectivity index (χ3n) is 10.8. The van der Waals surface area contributed by atoms with E-state index in [0.29, 0.717) is 12.8 Å². The molecule has 0 spiro atoms. The number of allylic oxidation sites excluding steroid dienone is 20. The van der Waals surface area contributed by atoms with Crippen molar-refractivity contribution >= 4 is 17.9 Å². The molecule has 6 nitrogen and oxygen atoms in total. The van der Waals surface area contributed by atoms with Crippen LogP contribution in [-0.4, -0.2) is 37.2 Å². The molecule has 66 heavy (non-hydrogen) atoms. The Morgan fingerprint density at radius 3 is 1.14 bits per heavy atom. The molecule has 0 saturated carbocycles. The Kier molecular flexibility index (Phi) is 50.0. The van der Waals surface area contributed by atoms with Gasteiger partial charge in [-0.2, -0.15) is 0 Å². The quantitative estimate of drug-likeness (QED) is 0.0199. The minimum Gasteiger partial charge on any atom is -0.462 e. The number of rotatable bonds is 46. The lowest BCUT2D eigenvalue weighted by molar-refractivity contribution is -0.167. The predicted octanol–water partition coefficient (Wildman–Crippen LogP) is 17.7. The summed E-state index contributed by atoms with van der Waals surface area (Å²) in [5.41, 5.74) is 0. The minimum absolute atomic E-state index is 0.107. The molecule has 0 bridgehead atoms. The molecule has 372 valence electrons. The Morgan fingerprint density at radius 1 is 0.333 bits per heavy atom. The first-order chi connectivity index (χ1) is 32.5. The number of esters is 3. The molecule has 0 aromatic heterocycles. The van der Waals surface area contributed by atoms with Crippen LogP contribution < -0.4 is 0 Å². The first-order valence-corrected chi connectivity index (χ1v) is 26.6. The van der Waals surface area contributed by atoms with Gasteiger partial charge in [0.25, 0.3) is 0 Å². The zero-order valence-electron chi connectivity index (χ0n) is 42.4. The van der Waals surface area contributed by atoms with Gasteiger partial charge in [0.1, 0.15) is 13.2 Å². The molecule has 0 fully saturated rings. The van der Waals surface area contributed by atoms with Gasteiger partial charge in [0.2, 0.25) is 0 Å². The summed E-state index contributed by atoms with van der Waals surface area (Å²) < 4.78 is 16.8. The van der Waals surface area contributed by atoms with Gasteiger partial charge in [0, 0.05) is 19.3 Å². The van der Waals surface area contributed by atoms with Crippen LogP contribution in [0.1, 0.15) is 220 Å². The summed E-state index contributed by atoms with van der Waals surface area (Å²) in [7, 11) is 0. The largest absolute Gasteiger partial charge is 0.462 e. The van der Waals surface area contributed by atoms with E-state index in [2.05, 4.69) is 142 Å². The van der Waals surface area contributed by atoms with Gasteiger partial charge in [-0.05, 0) is 109 Å². The van der Waals surface area contributed by atoms with Crippen molar-refractivity contribution in [1.82, 2.24) is 0 Å². The molecular weight excluding hydrogens is 817 g/mol. The van der Waals surface area contributed by atoms with Crippen LogP contribution in [0.3, 0.4) is 0 Å². The van der Waals surface area contributed by atoms with Crippen LogP contribution in [0.15, 0.2) is 122 Å². The number of unbranched alkanes of at least 4 members (excludes halogenated alkanes) is 18. The van der Waals surface area contributed by atoms with E-state index in [0.717, 1.165) is 135 Å². The highest BCUT2D eigenvalue weighted by molar-refractivity contribution is 5.71. The monoisotopic (exact) mass is 913 g/mol. The summed E-state index contributed by atoms with van der Waals surface area (Å²) in [6, 6.07) is 0. The second-order valence-corrected chi connectivity index (χ2v) is 17.1. The molecule has 0 saturated heterocycles. The van der Waals surface area contributed by atoms with Crippen LogP contribution in [0.25, 0.3) is 0 Å². The van der Waals surface area contributed by atoms with E-state index in [-0.39, 0.29) is 37.5 Å². The van der Waals surface area contributed by atoms with Crippen molar-refractivity contribution in [3.8, 4) is 0 Å². The summed E-state index contributed by atoms with van der Waals surface area (Å²) in [6.07, 6.45) is 73.2. The summed E-state index contributed by atoms with van der Waals surface area (Å²) >= 11 is 0. The second-order valence-electron chi connectivity index (χ2n) is 17.1. The lowest BCUT2D eigenvalue weighted by Crippen LogP contribution is -2.30. The van der Waals surface area contributed by atoms with Gasteiger partial charge in [-0.15, -0.1) is 0 Å². The van der Waals surface area contributed by atoms with Crippen LogP contribution in [0.4, 0.5) is 0 Å². The molecule has 1 unspecified atom stereocenters. The fourth-order valence-electron chi connectivity index (χ4n) is 6.75. The molecule has 0 aliphatic carbocycles. The van der Waals surface area contributed by atoms with Gasteiger partial charge < -0.3 is 14.2 Å². The average molecular weight is 913 g/mol. The van der Waals surface area contributed by atoms with E-state index >= 15 is 0 Å². The van der Waals surface area contributed by atoms with E-state index in [4.69, 9.17) is 14.2 Å². The van der Waals surface area contributed by atoms with Gasteiger partial charge in [0.15, 0.2) is 6.10 Å². The zero-order valence-corrected chi connectivity index (χ0v) is 42.4. The van der Waals surface area contributed by atoms with E-state index in [1.54, 1.807) is 0 Å². The predicted molar refractivity (Wildman–Crippen MR) is 283 cm³/mol. The van der Waals surface area contributed by atoms with Crippen molar-refractivity contribution in [3.63, 3.8) is 0 Å². The fourth-order valence-corrected chi connectivity index (χ4v) is 6.75. The third-order valence-corrected chi connectivity index (χ3v) is 10.8. The Morgan fingerprint density at radius 2 is 0.667 bits per heavy atom. The Hall–Kier alpha value is -4.19. The fraction of sp³-hybridized carbons (Fsp3) is 0.617. The molecule has 0 rings (SSSR count). The summed E-state index contributed by atoms with van der Waals surface area (Å²) in [5.74, 6) is -0.979. The van der Waals surface area contributed by atoms with Gasteiger partial charge in [-0.3, -0.25) is 14.4 Å². The van der Waals surface area contributed by atoms with Crippen LogP contribution in [-0.2, 0) is 28.6 Å². The molecule has 6 heteroatoms. The molecule has 0 aromatic carbocycles. The first-order valence-electron chi connectivity index (χ1n) is 26.6. The summed E-state index contributed by atoms with van der Waals surface area (Å²) in [6.45, 7) is 6.37. The second kappa shape index (κ2) is 53.4. The number of carbonyl (C=O) groups excluding carboxylic acids is 3. The van der Waals surface area contributed by atoms with Crippen LogP contribution in [0.5, 0.6) is 0 Å². The Labute approximate surface area is 405 Å². The number of carbonyl (C=O) groups is 3. The Balaban J connectivity index is 4.51. The topological polar surface area (TPSA) is 78.9 Å². The van der Waals surface area contributed by atoms with Crippen molar-refractivity contribution in [1.29, 1.82) is 0 Å². The zero-order chi connectivity index (χ0) is 47.9.